The summed E-state index contributed by atoms with van der Waals surface area (Å²) in [6.45, 7) is 8.36. The Morgan fingerprint density at radius 3 is 2.33 bits per heavy atom. The van der Waals surface area contributed by atoms with Crippen LogP contribution in [0, 0.1) is 13.8 Å². The lowest BCUT2D eigenvalue weighted by Gasteiger charge is -2.40. The maximum absolute atomic E-state index is 12.8. The van der Waals surface area contributed by atoms with Crippen LogP contribution in [-0.2, 0) is 9.53 Å². The minimum atomic E-state index is -4.64. The topological polar surface area (TPSA) is 56.3 Å². The second-order valence-electron chi connectivity index (χ2n) is 12.0. The van der Waals surface area contributed by atoms with Crippen LogP contribution in [0.25, 0.3) is 0 Å². The quantitative estimate of drug-likeness (QED) is 0.314. The number of ether oxygens (including phenoxy) is 1. The molecule has 2 aliphatic rings. The zero-order valence-corrected chi connectivity index (χ0v) is 25.7. The van der Waals surface area contributed by atoms with Crippen molar-refractivity contribution in [2.24, 2.45) is 0 Å². The van der Waals surface area contributed by atoms with E-state index < -0.39 is 24.5 Å². The number of alkyl halides is 3. The molecule has 0 radical (unpaired) electrons. The first-order chi connectivity index (χ1) is 19.8. The van der Waals surface area contributed by atoms with Gasteiger partial charge < -0.3 is 10.0 Å². The van der Waals surface area contributed by atoms with Crippen LogP contribution in [0.5, 0.6) is 0 Å². The minimum Gasteiger partial charge on any atom is -0.480 e. The van der Waals surface area contributed by atoms with Crippen molar-refractivity contribution >= 4 is 17.6 Å². The zero-order valence-electron chi connectivity index (χ0n) is 25.0. The number of aliphatic carboxylic acids is 1. The van der Waals surface area contributed by atoms with Gasteiger partial charge in [-0.05, 0) is 106 Å². The van der Waals surface area contributed by atoms with Crippen molar-refractivity contribution in [1.82, 2.24) is 14.7 Å². The van der Waals surface area contributed by atoms with Crippen LogP contribution in [0.4, 0.5) is 13.2 Å². The third-order valence-corrected chi connectivity index (χ3v) is 9.28. The molecule has 1 unspecified atom stereocenters. The number of nitrogens with zero attached hydrogens (tertiary/aromatic N) is 3. The summed E-state index contributed by atoms with van der Waals surface area (Å²) in [5.41, 5.74) is 4.97. The number of rotatable bonds is 10. The normalized spacial score (nSPS) is 22.3. The highest BCUT2D eigenvalue weighted by Crippen LogP contribution is 2.41. The first kappa shape index (κ1) is 32.7. The molecular weight excluding hydrogens is 567 g/mol. The number of halogens is 4. The van der Waals surface area contributed by atoms with Crippen molar-refractivity contribution in [1.29, 1.82) is 0 Å². The Hall–Kier alpha value is -2.17. The number of aryl methyl sites for hydroxylation is 2. The van der Waals surface area contributed by atoms with Gasteiger partial charge >= 0.3 is 12.3 Å². The van der Waals surface area contributed by atoms with Crippen LogP contribution < -0.4 is 0 Å². The van der Waals surface area contributed by atoms with Gasteiger partial charge in [0.2, 0.25) is 0 Å². The van der Waals surface area contributed by atoms with E-state index in [1.54, 1.807) is 0 Å². The summed E-state index contributed by atoms with van der Waals surface area (Å²) in [5.74, 6) is -0.953. The van der Waals surface area contributed by atoms with Crippen LogP contribution in [0.1, 0.15) is 77.9 Å². The van der Waals surface area contributed by atoms with E-state index in [1.165, 1.54) is 5.56 Å². The third-order valence-electron chi connectivity index (χ3n) is 9.04. The molecule has 0 aromatic heterocycles. The van der Waals surface area contributed by atoms with E-state index in [0.29, 0.717) is 24.4 Å². The molecule has 232 valence electrons. The van der Waals surface area contributed by atoms with E-state index >= 15 is 0 Å². The van der Waals surface area contributed by atoms with Gasteiger partial charge in [0.15, 0.2) is 0 Å². The maximum Gasteiger partial charge on any atom is 0.522 e. The van der Waals surface area contributed by atoms with Crippen molar-refractivity contribution < 1.29 is 27.8 Å². The van der Waals surface area contributed by atoms with E-state index in [9.17, 15) is 23.1 Å². The van der Waals surface area contributed by atoms with Gasteiger partial charge in [-0.3, -0.25) is 19.3 Å². The van der Waals surface area contributed by atoms with Crippen LogP contribution in [0.2, 0.25) is 5.02 Å². The molecule has 2 aromatic carbocycles. The van der Waals surface area contributed by atoms with Gasteiger partial charge in [0, 0.05) is 43.8 Å². The largest absolute Gasteiger partial charge is 0.522 e. The molecule has 6 nitrogen and oxygen atoms in total. The number of piperazine rings is 1. The van der Waals surface area contributed by atoms with Crippen molar-refractivity contribution in [3.8, 4) is 0 Å². The van der Waals surface area contributed by atoms with E-state index in [0.717, 1.165) is 54.9 Å². The fourth-order valence-corrected chi connectivity index (χ4v) is 6.99. The van der Waals surface area contributed by atoms with Gasteiger partial charge in [-0.2, -0.15) is 0 Å². The minimum absolute atomic E-state index is 0.0169. The fourth-order valence-electron chi connectivity index (χ4n) is 6.81. The number of likely N-dealkylation sites (N-methyl/N-ethyl adjacent to an activating group) is 2. The summed E-state index contributed by atoms with van der Waals surface area (Å²) in [5, 5.41) is 11.2. The maximum atomic E-state index is 12.8. The Labute approximate surface area is 252 Å². The van der Waals surface area contributed by atoms with Crippen molar-refractivity contribution in [2.45, 2.75) is 76.4 Å². The first-order valence-corrected chi connectivity index (χ1v) is 15.2. The molecule has 2 aromatic rings. The highest BCUT2D eigenvalue weighted by Gasteiger charge is 2.37. The van der Waals surface area contributed by atoms with Gasteiger partial charge in [0.1, 0.15) is 6.04 Å². The lowest BCUT2D eigenvalue weighted by atomic mass is 9.77. The number of hydrogen-bond acceptors (Lipinski definition) is 5. The summed E-state index contributed by atoms with van der Waals surface area (Å²) < 4.78 is 42.6. The van der Waals surface area contributed by atoms with Crippen molar-refractivity contribution in [3.63, 3.8) is 0 Å². The van der Waals surface area contributed by atoms with Crippen LogP contribution in [-0.4, -0.2) is 85.1 Å². The molecule has 1 aliphatic carbocycles. The van der Waals surface area contributed by atoms with Gasteiger partial charge in [0.05, 0.1) is 6.10 Å². The predicted molar refractivity (Wildman–Crippen MR) is 159 cm³/mol. The number of hydrogen-bond donors (Lipinski definition) is 1. The molecule has 1 aliphatic heterocycles. The molecule has 0 spiro atoms. The van der Waals surface area contributed by atoms with Crippen LogP contribution >= 0.6 is 11.6 Å². The molecule has 2 fully saturated rings. The van der Waals surface area contributed by atoms with Gasteiger partial charge in [-0.1, -0.05) is 35.9 Å². The van der Waals surface area contributed by atoms with E-state index in [4.69, 9.17) is 11.6 Å². The predicted octanol–water partition coefficient (Wildman–Crippen LogP) is 6.96. The Morgan fingerprint density at radius 1 is 1.05 bits per heavy atom. The fraction of sp³-hybridized carbons (Fsp3) is 0.594. The number of carbonyl (C=O) groups is 1. The highest BCUT2D eigenvalue weighted by molar-refractivity contribution is 6.30. The Morgan fingerprint density at radius 2 is 1.71 bits per heavy atom. The molecule has 0 amide bonds. The molecule has 1 heterocycles. The van der Waals surface area contributed by atoms with Crippen LogP contribution in [0.3, 0.4) is 0 Å². The standard InChI is InChI=1S/C32H43ClF3N3O3/c1-21-8-11-24(33)20-27(21)28(39-18-16-37(3)17-19-39)14-15-38(4)30(31(40)41)26-7-5-6-22(2)29(26)23-9-12-25(13-10-23)42-32(34,35)36/h5-8,11,20,23,25,28,30H,9-10,12-19H2,1-4H3,(H,40,41)/t23?,25?,28-,30?/m0/s1. The molecule has 1 saturated carbocycles. The SMILES string of the molecule is Cc1ccc(Cl)cc1[C@H](CCN(C)C(C(=O)O)c1cccc(C)c1C1CCC(OC(F)(F)F)CC1)N1CCN(C)CC1. The summed E-state index contributed by atoms with van der Waals surface area (Å²) in [7, 11) is 3.97. The number of benzene rings is 2. The Balaban J connectivity index is 1.55. The lowest BCUT2D eigenvalue weighted by molar-refractivity contribution is -0.345. The van der Waals surface area contributed by atoms with Crippen LogP contribution in [0.15, 0.2) is 36.4 Å². The Kier molecular flexibility index (Phi) is 11.0. The van der Waals surface area contributed by atoms with Gasteiger partial charge in [-0.15, -0.1) is 13.2 Å². The average Bonchev–Trinajstić information content (AvgIpc) is 2.91. The summed E-state index contributed by atoms with van der Waals surface area (Å²) in [6.07, 6.45) is -3.15. The smallest absolute Gasteiger partial charge is 0.480 e. The van der Waals surface area contributed by atoms with E-state index in [-0.39, 0.29) is 24.8 Å². The molecule has 1 saturated heterocycles. The molecule has 10 heteroatoms. The second-order valence-corrected chi connectivity index (χ2v) is 12.4. The Bertz CT molecular complexity index is 1210. The van der Waals surface area contributed by atoms with Gasteiger partial charge in [0.25, 0.3) is 0 Å². The van der Waals surface area contributed by atoms with E-state index in [1.807, 2.05) is 55.3 Å². The number of carboxylic acids is 1. The van der Waals surface area contributed by atoms with Gasteiger partial charge in [-0.25, -0.2) is 0 Å². The number of carboxylic acid groups (broad SMARTS) is 1. The molecule has 4 rings (SSSR count). The molecular formula is C32H43ClF3N3O3. The summed E-state index contributed by atoms with van der Waals surface area (Å²) in [6, 6.07) is 10.9. The lowest BCUT2D eigenvalue weighted by Crippen LogP contribution is -2.46. The van der Waals surface area contributed by atoms with Crippen molar-refractivity contribution in [2.75, 3.05) is 46.8 Å². The summed E-state index contributed by atoms with van der Waals surface area (Å²) in [4.78, 5) is 19.5. The third kappa shape index (κ3) is 8.26. The molecule has 1 N–H and O–H groups in total. The first-order valence-electron chi connectivity index (χ1n) is 14.8. The average molecular weight is 610 g/mol. The highest BCUT2D eigenvalue weighted by atomic mass is 35.5. The molecule has 2 atom stereocenters. The molecule has 42 heavy (non-hydrogen) atoms. The molecule has 0 bridgehead atoms. The monoisotopic (exact) mass is 609 g/mol. The van der Waals surface area contributed by atoms with E-state index in [2.05, 4.69) is 28.5 Å². The summed E-state index contributed by atoms with van der Waals surface area (Å²) >= 11 is 6.43. The zero-order chi connectivity index (χ0) is 30.6. The second kappa shape index (κ2) is 14.1. The van der Waals surface area contributed by atoms with Crippen molar-refractivity contribution in [3.05, 3.63) is 69.2 Å².